The van der Waals surface area contributed by atoms with E-state index in [0.717, 1.165) is 25.9 Å². The summed E-state index contributed by atoms with van der Waals surface area (Å²) in [7, 11) is 0. The second-order valence-corrected chi connectivity index (χ2v) is 6.93. The molecule has 1 atom stereocenters. The molecule has 0 spiro atoms. The van der Waals surface area contributed by atoms with Crippen molar-refractivity contribution in [1.29, 1.82) is 0 Å². The number of carbonyl (C=O) groups excluding carboxylic acids is 1. The van der Waals surface area contributed by atoms with Gasteiger partial charge >= 0.3 is 0 Å². The van der Waals surface area contributed by atoms with Crippen LogP contribution in [0.25, 0.3) is 0 Å². The number of anilines is 2. The Kier molecular flexibility index (Phi) is 5.41. The molecule has 1 saturated heterocycles. The zero-order valence-corrected chi connectivity index (χ0v) is 13.4. The van der Waals surface area contributed by atoms with E-state index in [1.165, 1.54) is 11.3 Å². The van der Waals surface area contributed by atoms with E-state index >= 15 is 0 Å². The normalized spacial score (nSPS) is 18.5. The molecule has 1 amide bonds. The van der Waals surface area contributed by atoms with Crippen LogP contribution in [-0.2, 0) is 0 Å². The average molecular weight is 312 g/mol. The molecule has 1 aromatic heterocycles. The lowest BCUT2D eigenvalue weighted by Gasteiger charge is -2.15. The van der Waals surface area contributed by atoms with E-state index < -0.39 is 0 Å². The van der Waals surface area contributed by atoms with Gasteiger partial charge in [-0.1, -0.05) is 25.2 Å². The van der Waals surface area contributed by atoms with Crippen molar-refractivity contribution in [2.45, 2.75) is 26.7 Å². The van der Waals surface area contributed by atoms with Crippen LogP contribution < -0.4 is 11.1 Å². The van der Waals surface area contributed by atoms with Crippen LogP contribution in [0.4, 0.5) is 10.9 Å². The topological polar surface area (TPSA) is 91.5 Å². The molecular formula is C14H24N4O2S. The monoisotopic (exact) mass is 312 g/mol. The molecule has 1 aliphatic rings. The maximum atomic E-state index is 12.5. The van der Waals surface area contributed by atoms with E-state index in [-0.39, 0.29) is 12.5 Å². The number of nitrogens with zero attached hydrogens (tertiary/aromatic N) is 2. The maximum Gasteiger partial charge on any atom is 0.267 e. The molecule has 7 heteroatoms. The molecule has 1 aromatic rings. The lowest BCUT2D eigenvalue weighted by Crippen LogP contribution is -2.28. The van der Waals surface area contributed by atoms with Crippen molar-refractivity contribution in [3.63, 3.8) is 0 Å². The first-order valence-electron chi connectivity index (χ1n) is 7.41. The summed E-state index contributed by atoms with van der Waals surface area (Å²) in [5.74, 6) is 1.17. The molecule has 118 valence electrons. The minimum atomic E-state index is -0.0389. The minimum Gasteiger partial charge on any atom is -0.396 e. The van der Waals surface area contributed by atoms with Gasteiger partial charge in [-0.3, -0.25) is 4.79 Å². The van der Waals surface area contributed by atoms with Gasteiger partial charge in [0.15, 0.2) is 5.13 Å². The van der Waals surface area contributed by atoms with Crippen molar-refractivity contribution in [3.05, 3.63) is 4.88 Å². The largest absolute Gasteiger partial charge is 0.396 e. The van der Waals surface area contributed by atoms with E-state index in [1.807, 2.05) is 4.90 Å². The number of nitrogen functional groups attached to an aromatic ring is 1. The van der Waals surface area contributed by atoms with Crippen LogP contribution in [0.3, 0.4) is 0 Å². The van der Waals surface area contributed by atoms with Crippen LogP contribution in [0.1, 0.15) is 36.4 Å². The molecule has 2 heterocycles. The standard InChI is InChI=1S/C14H24N4O2S/c1-9(2)7-16-14-17-12(15)11(21-14)13(20)18-5-3-10(8-18)4-6-19/h9-10,19H,3-8,15H2,1-2H3,(H,16,17). The summed E-state index contributed by atoms with van der Waals surface area (Å²) in [6.45, 7) is 6.64. The zero-order chi connectivity index (χ0) is 15.4. The smallest absolute Gasteiger partial charge is 0.267 e. The van der Waals surface area contributed by atoms with Crippen LogP contribution in [0.15, 0.2) is 0 Å². The summed E-state index contributed by atoms with van der Waals surface area (Å²) < 4.78 is 0. The molecule has 0 saturated carbocycles. The Hall–Kier alpha value is -1.34. The van der Waals surface area contributed by atoms with Crippen LogP contribution in [0.2, 0.25) is 0 Å². The van der Waals surface area contributed by atoms with Crippen LogP contribution in [0, 0.1) is 11.8 Å². The van der Waals surface area contributed by atoms with E-state index in [9.17, 15) is 4.79 Å². The van der Waals surface area contributed by atoms with E-state index in [4.69, 9.17) is 10.8 Å². The highest BCUT2D eigenvalue weighted by atomic mass is 32.1. The summed E-state index contributed by atoms with van der Waals surface area (Å²) in [4.78, 5) is 19.1. The second-order valence-electron chi connectivity index (χ2n) is 5.93. The summed E-state index contributed by atoms with van der Waals surface area (Å²) >= 11 is 1.32. The van der Waals surface area contributed by atoms with Crippen molar-refractivity contribution in [1.82, 2.24) is 9.88 Å². The number of aromatic nitrogens is 1. The molecule has 0 aliphatic carbocycles. The van der Waals surface area contributed by atoms with Crippen molar-refractivity contribution >= 4 is 28.2 Å². The molecule has 6 nitrogen and oxygen atoms in total. The number of nitrogens with one attached hydrogen (secondary N) is 1. The minimum absolute atomic E-state index is 0.0389. The Labute approximate surface area is 129 Å². The summed E-state index contributed by atoms with van der Waals surface area (Å²) in [5, 5.41) is 12.9. The number of thiazole rings is 1. The fourth-order valence-corrected chi connectivity index (χ4v) is 3.29. The first kappa shape index (κ1) is 16.0. The Morgan fingerprint density at radius 3 is 3.05 bits per heavy atom. The molecule has 0 bridgehead atoms. The van der Waals surface area contributed by atoms with Crippen molar-refractivity contribution in [2.75, 3.05) is 37.3 Å². The number of nitrogens with two attached hydrogens (primary N) is 1. The molecule has 0 radical (unpaired) electrons. The SMILES string of the molecule is CC(C)CNc1nc(N)c(C(=O)N2CCC(CCO)C2)s1. The van der Waals surface area contributed by atoms with Gasteiger partial charge in [0, 0.05) is 26.2 Å². The van der Waals surface area contributed by atoms with Crippen molar-refractivity contribution in [3.8, 4) is 0 Å². The molecule has 1 aliphatic heterocycles. The molecular weight excluding hydrogens is 288 g/mol. The predicted octanol–water partition coefficient (Wildman–Crippen LogP) is 1.64. The molecule has 1 unspecified atom stereocenters. The lowest BCUT2D eigenvalue weighted by atomic mass is 10.1. The van der Waals surface area contributed by atoms with E-state index in [0.29, 0.717) is 34.2 Å². The maximum absolute atomic E-state index is 12.5. The summed E-state index contributed by atoms with van der Waals surface area (Å²) in [5.41, 5.74) is 5.88. The number of carbonyl (C=O) groups is 1. The van der Waals surface area contributed by atoms with Gasteiger partial charge in [0.25, 0.3) is 5.91 Å². The summed E-state index contributed by atoms with van der Waals surface area (Å²) in [6.07, 6.45) is 1.70. The van der Waals surface area contributed by atoms with Gasteiger partial charge in [-0.05, 0) is 24.7 Å². The molecule has 1 fully saturated rings. The number of rotatable bonds is 6. The number of hydrogen-bond donors (Lipinski definition) is 3. The zero-order valence-electron chi connectivity index (χ0n) is 12.6. The molecule has 2 rings (SSSR count). The highest BCUT2D eigenvalue weighted by Gasteiger charge is 2.29. The average Bonchev–Trinajstić information content (AvgIpc) is 3.03. The molecule has 4 N–H and O–H groups in total. The van der Waals surface area contributed by atoms with E-state index in [1.54, 1.807) is 0 Å². The van der Waals surface area contributed by atoms with Crippen LogP contribution >= 0.6 is 11.3 Å². The fraction of sp³-hybridized carbons (Fsp3) is 0.714. The number of likely N-dealkylation sites (tertiary alicyclic amines) is 1. The van der Waals surface area contributed by atoms with Gasteiger partial charge in [-0.2, -0.15) is 0 Å². The quantitative estimate of drug-likeness (QED) is 0.743. The third kappa shape index (κ3) is 4.07. The highest BCUT2D eigenvalue weighted by molar-refractivity contribution is 7.18. The van der Waals surface area contributed by atoms with Crippen LogP contribution in [0.5, 0.6) is 0 Å². The Morgan fingerprint density at radius 2 is 2.38 bits per heavy atom. The van der Waals surface area contributed by atoms with Gasteiger partial charge in [-0.25, -0.2) is 4.98 Å². The van der Waals surface area contributed by atoms with Crippen molar-refractivity contribution < 1.29 is 9.90 Å². The van der Waals surface area contributed by atoms with Gasteiger partial charge < -0.3 is 21.1 Å². The third-order valence-corrected chi connectivity index (χ3v) is 4.64. The number of aliphatic hydroxyl groups is 1. The lowest BCUT2D eigenvalue weighted by molar-refractivity contribution is 0.0790. The Morgan fingerprint density at radius 1 is 1.62 bits per heavy atom. The van der Waals surface area contributed by atoms with Gasteiger partial charge in [0.2, 0.25) is 0 Å². The fourth-order valence-electron chi connectivity index (χ4n) is 2.43. The van der Waals surface area contributed by atoms with Gasteiger partial charge in [0.05, 0.1) is 0 Å². The third-order valence-electron chi connectivity index (χ3n) is 3.62. The molecule has 0 aromatic carbocycles. The Balaban J connectivity index is 1.99. The van der Waals surface area contributed by atoms with Gasteiger partial charge in [-0.15, -0.1) is 0 Å². The van der Waals surface area contributed by atoms with E-state index in [2.05, 4.69) is 24.1 Å². The number of aliphatic hydroxyl groups excluding tert-OH is 1. The number of amides is 1. The first-order valence-corrected chi connectivity index (χ1v) is 8.23. The summed E-state index contributed by atoms with van der Waals surface area (Å²) in [6, 6.07) is 0. The van der Waals surface area contributed by atoms with Gasteiger partial charge in [0.1, 0.15) is 10.7 Å². The Bertz CT molecular complexity index is 489. The highest BCUT2D eigenvalue weighted by Crippen LogP contribution is 2.29. The van der Waals surface area contributed by atoms with Crippen LogP contribution in [-0.4, -0.2) is 47.1 Å². The van der Waals surface area contributed by atoms with Crippen molar-refractivity contribution in [2.24, 2.45) is 11.8 Å². The number of hydrogen-bond acceptors (Lipinski definition) is 6. The predicted molar refractivity (Wildman–Crippen MR) is 85.6 cm³/mol. The first-order chi connectivity index (χ1) is 10.0. The second kappa shape index (κ2) is 7.09. The molecule has 21 heavy (non-hydrogen) atoms.